The summed E-state index contributed by atoms with van der Waals surface area (Å²) in [6.45, 7) is 1.92. The minimum Gasteiger partial charge on any atom is -0.438 e. The summed E-state index contributed by atoms with van der Waals surface area (Å²) in [4.78, 5) is 25.6. The van der Waals surface area contributed by atoms with Gasteiger partial charge >= 0.3 is 0 Å². The molecule has 0 radical (unpaired) electrons. The molecule has 32 heavy (non-hydrogen) atoms. The number of amides is 1. The number of carbonyl (C=O) groups excluding carboxylic acids is 1. The van der Waals surface area contributed by atoms with Crippen molar-refractivity contribution < 1.29 is 9.53 Å². The summed E-state index contributed by atoms with van der Waals surface area (Å²) >= 11 is 2.19. The van der Waals surface area contributed by atoms with Gasteiger partial charge in [-0.3, -0.25) is 4.79 Å². The van der Waals surface area contributed by atoms with Crippen LogP contribution >= 0.6 is 22.6 Å². The fraction of sp³-hybridized carbons (Fsp3) is 0.0833. The lowest BCUT2D eigenvalue weighted by molar-refractivity contribution is 0.102. The molecule has 160 valence electrons. The summed E-state index contributed by atoms with van der Waals surface area (Å²) in [5.74, 6) is 1.43. The van der Waals surface area contributed by atoms with Gasteiger partial charge in [0, 0.05) is 34.3 Å². The van der Waals surface area contributed by atoms with Crippen molar-refractivity contribution in [2.75, 3.05) is 17.7 Å². The minimum atomic E-state index is -0.160. The fourth-order valence-electron chi connectivity index (χ4n) is 3.08. The average Bonchev–Trinajstić information content (AvgIpc) is 2.81. The number of ether oxygens (including phenoxy) is 1. The van der Waals surface area contributed by atoms with Crippen LogP contribution in [-0.4, -0.2) is 27.9 Å². The maximum Gasteiger partial charge on any atom is 0.255 e. The van der Waals surface area contributed by atoms with E-state index in [1.54, 1.807) is 37.6 Å². The first-order chi connectivity index (χ1) is 15.5. The van der Waals surface area contributed by atoms with Crippen LogP contribution in [0.1, 0.15) is 15.9 Å². The molecule has 2 heterocycles. The molecule has 0 saturated heterocycles. The Labute approximate surface area is 199 Å². The first-order valence-corrected chi connectivity index (χ1v) is 10.9. The number of hydrogen-bond acceptors (Lipinski definition) is 6. The maximum absolute atomic E-state index is 12.5. The fourth-order valence-corrected chi connectivity index (χ4v) is 3.62. The van der Waals surface area contributed by atoms with Crippen LogP contribution in [0.4, 0.5) is 11.6 Å². The summed E-state index contributed by atoms with van der Waals surface area (Å²) in [7, 11) is 1.77. The summed E-state index contributed by atoms with van der Waals surface area (Å²) in [5.41, 5.74) is 3.61. The lowest BCUT2D eigenvalue weighted by Crippen LogP contribution is -2.12. The van der Waals surface area contributed by atoms with E-state index in [1.165, 1.54) is 0 Å². The third kappa shape index (κ3) is 5.02. The van der Waals surface area contributed by atoms with Crippen molar-refractivity contribution in [3.8, 4) is 22.9 Å². The Morgan fingerprint density at radius 1 is 1.00 bits per heavy atom. The number of aryl methyl sites for hydroxylation is 1. The first kappa shape index (κ1) is 21.7. The maximum atomic E-state index is 12.5. The van der Waals surface area contributed by atoms with Crippen molar-refractivity contribution in [1.82, 2.24) is 15.0 Å². The zero-order valence-corrected chi connectivity index (χ0v) is 19.6. The van der Waals surface area contributed by atoms with E-state index in [0.29, 0.717) is 34.5 Å². The number of aromatic nitrogens is 3. The van der Waals surface area contributed by atoms with Crippen LogP contribution in [0.25, 0.3) is 11.3 Å². The van der Waals surface area contributed by atoms with Crippen LogP contribution in [0.3, 0.4) is 0 Å². The molecular weight excluding hydrogens is 517 g/mol. The number of pyridine rings is 1. The molecule has 0 unspecified atom stereocenters. The van der Waals surface area contributed by atoms with E-state index in [2.05, 4.69) is 48.2 Å². The zero-order chi connectivity index (χ0) is 22.5. The Bertz CT molecular complexity index is 1280. The third-order valence-corrected chi connectivity index (χ3v) is 5.32. The van der Waals surface area contributed by atoms with E-state index in [-0.39, 0.29) is 5.91 Å². The Balaban J connectivity index is 1.55. The molecule has 1 amide bonds. The summed E-state index contributed by atoms with van der Waals surface area (Å²) in [6.07, 6.45) is 3.35. The smallest absolute Gasteiger partial charge is 0.255 e. The molecule has 2 aromatic carbocycles. The second kappa shape index (κ2) is 9.73. The highest BCUT2D eigenvalue weighted by Gasteiger charge is 2.13. The van der Waals surface area contributed by atoms with E-state index in [1.807, 2.05) is 49.4 Å². The van der Waals surface area contributed by atoms with Gasteiger partial charge in [-0.05, 0) is 89.7 Å². The zero-order valence-electron chi connectivity index (χ0n) is 17.5. The molecule has 2 aromatic heterocycles. The van der Waals surface area contributed by atoms with Crippen LogP contribution in [0.2, 0.25) is 0 Å². The number of carbonyl (C=O) groups is 1. The van der Waals surface area contributed by atoms with Crippen LogP contribution in [0, 0.1) is 10.5 Å². The second-order valence-electron chi connectivity index (χ2n) is 6.92. The van der Waals surface area contributed by atoms with Crippen molar-refractivity contribution in [3.63, 3.8) is 0 Å². The van der Waals surface area contributed by atoms with Gasteiger partial charge in [0.05, 0.1) is 11.3 Å². The average molecular weight is 537 g/mol. The number of halogens is 1. The Hall–Kier alpha value is -3.53. The number of nitrogens with zero attached hydrogens (tertiary/aromatic N) is 3. The molecule has 0 fully saturated rings. The van der Waals surface area contributed by atoms with Gasteiger partial charge in [0.15, 0.2) is 0 Å². The van der Waals surface area contributed by atoms with Crippen LogP contribution < -0.4 is 15.4 Å². The number of anilines is 2. The lowest BCUT2D eigenvalue weighted by Gasteiger charge is -2.13. The van der Waals surface area contributed by atoms with Crippen molar-refractivity contribution in [1.29, 1.82) is 0 Å². The highest BCUT2D eigenvalue weighted by atomic mass is 127. The van der Waals surface area contributed by atoms with Gasteiger partial charge in [-0.1, -0.05) is 6.07 Å². The number of benzene rings is 2. The van der Waals surface area contributed by atoms with E-state index in [4.69, 9.17) is 4.74 Å². The SMILES string of the molecule is CNc1nccc(-c2cccnc2Oc2ccc(NC(=O)c3cccc(I)c3)cc2C)n1. The van der Waals surface area contributed by atoms with Gasteiger partial charge in [-0.15, -0.1) is 0 Å². The number of rotatable bonds is 6. The van der Waals surface area contributed by atoms with Gasteiger partial charge in [0.2, 0.25) is 11.8 Å². The van der Waals surface area contributed by atoms with Crippen molar-refractivity contribution in [2.45, 2.75) is 6.92 Å². The van der Waals surface area contributed by atoms with Crippen molar-refractivity contribution >= 4 is 40.1 Å². The van der Waals surface area contributed by atoms with Gasteiger partial charge in [0.25, 0.3) is 5.91 Å². The number of hydrogen-bond donors (Lipinski definition) is 2. The molecule has 0 atom stereocenters. The van der Waals surface area contributed by atoms with Crippen LogP contribution in [0.15, 0.2) is 73.1 Å². The molecule has 8 heteroatoms. The molecule has 2 N–H and O–H groups in total. The van der Waals surface area contributed by atoms with Gasteiger partial charge in [0.1, 0.15) is 5.75 Å². The molecule has 0 aliphatic carbocycles. The molecular formula is C24H20IN5O2. The topological polar surface area (TPSA) is 89.0 Å². The van der Waals surface area contributed by atoms with Crippen LogP contribution in [-0.2, 0) is 0 Å². The van der Waals surface area contributed by atoms with E-state index < -0.39 is 0 Å². The summed E-state index contributed by atoms with van der Waals surface area (Å²) < 4.78 is 7.13. The molecule has 4 aromatic rings. The van der Waals surface area contributed by atoms with Gasteiger partial charge < -0.3 is 15.4 Å². The molecule has 4 rings (SSSR count). The third-order valence-electron chi connectivity index (χ3n) is 4.65. The Morgan fingerprint density at radius 3 is 2.66 bits per heavy atom. The first-order valence-electron chi connectivity index (χ1n) is 9.85. The summed E-state index contributed by atoms with van der Waals surface area (Å²) in [6, 6.07) is 18.5. The van der Waals surface area contributed by atoms with E-state index >= 15 is 0 Å². The predicted molar refractivity (Wildman–Crippen MR) is 133 cm³/mol. The van der Waals surface area contributed by atoms with E-state index in [9.17, 15) is 4.79 Å². The Kier molecular flexibility index (Phi) is 6.60. The standard InChI is InChI=1S/C24H20IN5O2/c1-15-13-18(29-22(31)16-5-3-6-17(25)14-16)8-9-21(15)32-23-19(7-4-11-27-23)20-10-12-28-24(26-2)30-20/h3-14H,1-2H3,(H,29,31)(H,26,28,30). The van der Waals surface area contributed by atoms with Crippen LogP contribution in [0.5, 0.6) is 11.6 Å². The predicted octanol–water partition coefficient (Wildman–Crippen LogP) is 5.54. The largest absolute Gasteiger partial charge is 0.438 e. The van der Waals surface area contributed by atoms with Gasteiger partial charge in [-0.2, -0.15) is 0 Å². The van der Waals surface area contributed by atoms with Crippen molar-refractivity contribution in [3.05, 3.63) is 87.8 Å². The monoisotopic (exact) mass is 537 g/mol. The molecule has 7 nitrogen and oxygen atoms in total. The Morgan fingerprint density at radius 2 is 1.88 bits per heavy atom. The number of nitrogens with one attached hydrogen (secondary N) is 2. The molecule has 0 spiro atoms. The normalized spacial score (nSPS) is 10.5. The molecule has 0 aliphatic heterocycles. The quantitative estimate of drug-likeness (QED) is 0.314. The summed E-state index contributed by atoms with van der Waals surface area (Å²) in [5, 5.41) is 5.86. The minimum absolute atomic E-state index is 0.160. The van der Waals surface area contributed by atoms with Gasteiger partial charge in [-0.25, -0.2) is 15.0 Å². The van der Waals surface area contributed by atoms with E-state index in [0.717, 1.165) is 14.7 Å². The highest BCUT2D eigenvalue weighted by molar-refractivity contribution is 14.1. The molecule has 0 saturated carbocycles. The molecule has 0 bridgehead atoms. The lowest BCUT2D eigenvalue weighted by atomic mass is 10.1. The second-order valence-corrected chi connectivity index (χ2v) is 8.16. The highest BCUT2D eigenvalue weighted by Crippen LogP contribution is 2.33. The van der Waals surface area contributed by atoms with Crippen molar-refractivity contribution in [2.24, 2.45) is 0 Å². The molecule has 0 aliphatic rings.